The van der Waals surface area contributed by atoms with Gasteiger partial charge in [0.05, 0.1) is 30.2 Å². The number of aromatic nitrogens is 1. The quantitative estimate of drug-likeness (QED) is 0.389. The number of ether oxygens (including phenoxy) is 2. The summed E-state index contributed by atoms with van der Waals surface area (Å²) >= 11 is 3.39. The Balaban J connectivity index is 1.43. The lowest BCUT2D eigenvalue weighted by Crippen LogP contribution is -2.36. The van der Waals surface area contributed by atoms with E-state index in [1.165, 1.54) is 20.8 Å². The predicted molar refractivity (Wildman–Crippen MR) is 139 cm³/mol. The molecule has 0 aliphatic carbocycles. The van der Waals surface area contributed by atoms with Crippen molar-refractivity contribution in [2.45, 2.75) is 19.4 Å². The molecule has 4 heterocycles. The van der Waals surface area contributed by atoms with Gasteiger partial charge in [-0.05, 0) is 30.7 Å². The van der Waals surface area contributed by atoms with E-state index in [1.807, 2.05) is 0 Å². The van der Waals surface area contributed by atoms with Gasteiger partial charge in [0.2, 0.25) is 5.91 Å². The molecule has 1 amide bonds. The number of fused-ring (bicyclic) bond motifs is 2. The number of anilines is 2. The molecule has 0 spiro atoms. The van der Waals surface area contributed by atoms with Crippen LogP contribution in [0.4, 0.5) is 10.7 Å². The zero-order valence-electron chi connectivity index (χ0n) is 19.4. The fourth-order valence-corrected chi connectivity index (χ4v) is 6.81. The summed E-state index contributed by atoms with van der Waals surface area (Å²) in [4.78, 5) is 21.6. The van der Waals surface area contributed by atoms with Gasteiger partial charge in [-0.25, -0.2) is 4.98 Å². The smallest absolute Gasteiger partial charge is 0.226 e. The third-order valence-electron chi connectivity index (χ3n) is 6.16. The number of nitrogens with zero attached hydrogens (tertiary/aromatic N) is 2. The standard InChI is InChI=1S/C24H31N5O3S2/c1-31-12-9-25-8-6-20(30)27-23-21(16-5-7-26-15-19(16)34-23)24-28-22-17(3-2-4-18(22)33-24)29-10-13-32-14-11-29/h2-4,25-26H,5-15H2,1H3,(H,27,30). The van der Waals surface area contributed by atoms with Gasteiger partial charge in [-0.2, -0.15) is 0 Å². The molecular formula is C24H31N5O3S2. The van der Waals surface area contributed by atoms with E-state index in [9.17, 15) is 4.79 Å². The number of morpholine rings is 1. The maximum Gasteiger partial charge on any atom is 0.226 e. The Morgan fingerprint density at radius 1 is 1.26 bits per heavy atom. The van der Waals surface area contributed by atoms with Crippen LogP contribution in [0.3, 0.4) is 0 Å². The molecule has 2 aliphatic rings. The largest absolute Gasteiger partial charge is 0.383 e. The topological polar surface area (TPSA) is 87.8 Å². The third kappa shape index (κ3) is 5.12. The zero-order chi connectivity index (χ0) is 23.3. The molecular weight excluding hydrogens is 470 g/mol. The van der Waals surface area contributed by atoms with E-state index in [0.717, 1.165) is 73.4 Å². The van der Waals surface area contributed by atoms with E-state index in [0.29, 0.717) is 19.6 Å². The SMILES string of the molecule is COCCNCCC(=O)Nc1sc2c(c1-c1nc3c(N4CCOCC4)cccc3s1)CCNC2. The lowest BCUT2D eigenvalue weighted by molar-refractivity contribution is -0.116. The zero-order valence-corrected chi connectivity index (χ0v) is 21.1. The van der Waals surface area contributed by atoms with Crippen molar-refractivity contribution in [2.75, 3.05) is 69.9 Å². The maximum absolute atomic E-state index is 12.7. The van der Waals surface area contributed by atoms with Crippen molar-refractivity contribution in [1.29, 1.82) is 0 Å². The minimum Gasteiger partial charge on any atom is -0.383 e. The van der Waals surface area contributed by atoms with Crippen LogP contribution < -0.4 is 20.9 Å². The summed E-state index contributed by atoms with van der Waals surface area (Å²) in [5.41, 5.74) is 4.64. The van der Waals surface area contributed by atoms with Crippen molar-refractivity contribution in [3.8, 4) is 10.6 Å². The fourth-order valence-electron chi connectivity index (χ4n) is 4.44. The second-order valence-electron chi connectivity index (χ2n) is 8.42. The van der Waals surface area contributed by atoms with Crippen LogP contribution >= 0.6 is 22.7 Å². The van der Waals surface area contributed by atoms with Crippen molar-refractivity contribution in [1.82, 2.24) is 15.6 Å². The highest BCUT2D eigenvalue weighted by Crippen LogP contribution is 2.45. The first-order valence-electron chi connectivity index (χ1n) is 11.8. The summed E-state index contributed by atoms with van der Waals surface area (Å²) in [6.45, 7) is 7.04. The Labute approximate surface area is 207 Å². The molecule has 2 aliphatic heterocycles. The van der Waals surface area contributed by atoms with Gasteiger partial charge in [-0.15, -0.1) is 22.7 Å². The Hall–Kier alpha value is -2.08. The van der Waals surface area contributed by atoms with Crippen LogP contribution in [0.5, 0.6) is 0 Å². The molecule has 10 heteroatoms. The molecule has 8 nitrogen and oxygen atoms in total. The maximum atomic E-state index is 12.7. The first kappa shape index (κ1) is 23.7. The highest BCUT2D eigenvalue weighted by molar-refractivity contribution is 7.23. The Morgan fingerprint density at radius 2 is 2.15 bits per heavy atom. The number of carbonyl (C=O) groups excluding carboxylic acids is 1. The van der Waals surface area contributed by atoms with E-state index in [2.05, 4.69) is 39.0 Å². The second kappa shape index (κ2) is 11.1. The number of thiophene rings is 1. The molecule has 182 valence electrons. The molecule has 3 N–H and O–H groups in total. The normalized spacial score (nSPS) is 16.1. The van der Waals surface area contributed by atoms with Crippen LogP contribution in [-0.2, 0) is 27.2 Å². The number of hydrogen-bond donors (Lipinski definition) is 3. The summed E-state index contributed by atoms with van der Waals surface area (Å²) in [6, 6.07) is 6.41. The monoisotopic (exact) mass is 501 g/mol. The number of methoxy groups -OCH3 is 1. The second-order valence-corrected chi connectivity index (χ2v) is 10.6. The van der Waals surface area contributed by atoms with Crippen molar-refractivity contribution < 1.29 is 14.3 Å². The van der Waals surface area contributed by atoms with E-state index >= 15 is 0 Å². The Morgan fingerprint density at radius 3 is 3.00 bits per heavy atom. The fraction of sp³-hybridized carbons (Fsp3) is 0.500. The van der Waals surface area contributed by atoms with Gasteiger partial charge >= 0.3 is 0 Å². The molecule has 0 bridgehead atoms. The molecule has 0 radical (unpaired) electrons. The third-order valence-corrected chi connectivity index (χ3v) is 8.34. The van der Waals surface area contributed by atoms with E-state index in [4.69, 9.17) is 14.5 Å². The first-order valence-corrected chi connectivity index (χ1v) is 13.5. The molecule has 5 rings (SSSR count). The van der Waals surface area contributed by atoms with Crippen molar-refractivity contribution >= 4 is 49.5 Å². The van der Waals surface area contributed by atoms with E-state index in [1.54, 1.807) is 29.8 Å². The molecule has 2 aromatic heterocycles. The Kier molecular flexibility index (Phi) is 7.73. The molecule has 0 saturated carbocycles. The number of hydrogen-bond acceptors (Lipinski definition) is 9. The van der Waals surface area contributed by atoms with Crippen LogP contribution in [0.2, 0.25) is 0 Å². The summed E-state index contributed by atoms with van der Waals surface area (Å²) in [5.74, 6) is 0.0211. The van der Waals surface area contributed by atoms with E-state index < -0.39 is 0 Å². The van der Waals surface area contributed by atoms with Gasteiger partial charge < -0.3 is 30.3 Å². The minimum atomic E-state index is 0.0211. The molecule has 1 fully saturated rings. The number of carbonyl (C=O) groups is 1. The number of rotatable bonds is 9. The molecule has 34 heavy (non-hydrogen) atoms. The van der Waals surface area contributed by atoms with Crippen molar-refractivity contribution in [2.24, 2.45) is 0 Å². The Bertz CT molecular complexity index is 1140. The van der Waals surface area contributed by atoms with Crippen molar-refractivity contribution in [3.05, 3.63) is 28.6 Å². The lowest BCUT2D eigenvalue weighted by Gasteiger charge is -2.28. The van der Waals surface area contributed by atoms with Crippen LogP contribution in [0.25, 0.3) is 20.8 Å². The van der Waals surface area contributed by atoms with Crippen LogP contribution in [0.15, 0.2) is 18.2 Å². The minimum absolute atomic E-state index is 0.0211. The number of benzene rings is 1. The predicted octanol–water partition coefficient (Wildman–Crippen LogP) is 3.07. The van der Waals surface area contributed by atoms with Crippen LogP contribution in [0, 0.1) is 0 Å². The van der Waals surface area contributed by atoms with Crippen LogP contribution in [0.1, 0.15) is 16.9 Å². The van der Waals surface area contributed by atoms with Gasteiger partial charge in [0, 0.05) is 56.7 Å². The van der Waals surface area contributed by atoms with Crippen molar-refractivity contribution in [3.63, 3.8) is 0 Å². The van der Waals surface area contributed by atoms with Gasteiger partial charge in [0.25, 0.3) is 0 Å². The molecule has 0 unspecified atom stereocenters. The summed E-state index contributed by atoms with van der Waals surface area (Å²) in [6.07, 6.45) is 1.37. The van der Waals surface area contributed by atoms with Gasteiger partial charge in [-0.3, -0.25) is 4.79 Å². The molecule has 0 atom stereocenters. The molecule has 3 aromatic rings. The summed E-state index contributed by atoms with van der Waals surface area (Å²) in [5, 5.41) is 11.8. The average Bonchev–Trinajstić information content (AvgIpc) is 3.45. The summed E-state index contributed by atoms with van der Waals surface area (Å²) in [7, 11) is 1.68. The lowest BCUT2D eigenvalue weighted by atomic mass is 10.0. The average molecular weight is 502 g/mol. The first-order chi connectivity index (χ1) is 16.7. The van der Waals surface area contributed by atoms with E-state index in [-0.39, 0.29) is 5.91 Å². The molecule has 1 saturated heterocycles. The summed E-state index contributed by atoms with van der Waals surface area (Å²) < 4.78 is 11.8. The highest BCUT2D eigenvalue weighted by Gasteiger charge is 2.26. The number of thiazole rings is 1. The highest BCUT2D eigenvalue weighted by atomic mass is 32.1. The molecule has 1 aromatic carbocycles. The van der Waals surface area contributed by atoms with Gasteiger partial charge in [0.1, 0.15) is 15.5 Å². The number of para-hydroxylation sites is 1. The van der Waals surface area contributed by atoms with Gasteiger partial charge in [0.15, 0.2) is 0 Å². The number of amides is 1. The number of nitrogens with one attached hydrogen (secondary N) is 3. The van der Waals surface area contributed by atoms with Gasteiger partial charge in [-0.1, -0.05) is 6.07 Å². The van der Waals surface area contributed by atoms with Crippen LogP contribution in [-0.4, -0.2) is 70.5 Å².